The summed E-state index contributed by atoms with van der Waals surface area (Å²) in [5.74, 6) is 0.589. The second kappa shape index (κ2) is 7.82. The molecule has 2 aromatic rings. The zero-order chi connectivity index (χ0) is 18.8. The molecule has 2 aliphatic rings. The molecule has 27 heavy (non-hydrogen) atoms. The fraction of sp³-hybridized carbons (Fsp3) is 0.429. The summed E-state index contributed by atoms with van der Waals surface area (Å²) < 4.78 is 0. The summed E-state index contributed by atoms with van der Waals surface area (Å²) in [6, 6.07) is 13.7. The SMILES string of the molecule is NC[C@@H]1CN(C(=O)C2CCCN2C(=O)c2cccs2)C[C@H]1c1ccccc1. The highest BCUT2D eigenvalue weighted by atomic mass is 32.1. The van der Waals surface area contributed by atoms with E-state index in [0.29, 0.717) is 31.1 Å². The normalized spacial score (nSPS) is 25.1. The number of likely N-dealkylation sites (tertiary alicyclic amines) is 2. The first kappa shape index (κ1) is 18.2. The molecule has 6 heteroatoms. The zero-order valence-corrected chi connectivity index (χ0v) is 16.1. The maximum absolute atomic E-state index is 13.3. The van der Waals surface area contributed by atoms with Crippen LogP contribution in [0.25, 0.3) is 0 Å². The number of rotatable bonds is 4. The largest absolute Gasteiger partial charge is 0.340 e. The number of hydrogen-bond donors (Lipinski definition) is 1. The minimum atomic E-state index is -0.340. The Morgan fingerprint density at radius 1 is 1.11 bits per heavy atom. The number of nitrogens with zero attached hydrogens (tertiary/aromatic N) is 2. The lowest BCUT2D eigenvalue weighted by Gasteiger charge is -2.27. The van der Waals surface area contributed by atoms with Crippen molar-refractivity contribution in [1.82, 2.24) is 9.80 Å². The molecule has 0 bridgehead atoms. The van der Waals surface area contributed by atoms with Crippen molar-refractivity contribution in [2.75, 3.05) is 26.2 Å². The van der Waals surface area contributed by atoms with E-state index in [0.717, 1.165) is 12.8 Å². The number of thiophene rings is 1. The van der Waals surface area contributed by atoms with Crippen LogP contribution in [0, 0.1) is 5.92 Å². The van der Waals surface area contributed by atoms with Gasteiger partial charge < -0.3 is 15.5 Å². The van der Waals surface area contributed by atoms with Crippen LogP contribution in [0.5, 0.6) is 0 Å². The summed E-state index contributed by atoms with van der Waals surface area (Å²) in [5, 5.41) is 1.90. The van der Waals surface area contributed by atoms with E-state index in [1.54, 1.807) is 4.90 Å². The summed E-state index contributed by atoms with van der Waals surface area (Å²) in [5.41, 5.74) is 7.25. The first-order valence-electron chi connectivity index (χ1n) is 9.57. The smallest absolute Gasteiger partial charge is 0.264 e. The van der Waals surface area contributed by atoms with E-state index in [9.17, 15) is 9.59 Å². The summed E-state index contributed by atoms with van der Waals surface area (Å²) in [6.45, 7) is 2.57. The van der Waals surface area contributed by atoms with Crippen molar-refractivity contribution >= 4 is 23.2 Å². The number of benzene rings is 1. The third kappa shape index (κ3) is 3.51. The van der Waals surface area contributed by atoms with Crippen LogP contribution in [-0.4, -0.2) is 53.8 Å². The molecule has 3 heterocycles. The van der Waals surface area contributed by atoms with Crippen LogP contribution in [0.15, 0.2) is 47.8 Å². The maximum Gasteiger partial charge on any atom is 0.264 e. The average Bonchev–Trinajstić information content (AvgIpc) is 3.47. The zero-order valence-electron chi connectivity index (χ0n) is 15.3. The van der Waals surface area contributed by atoms with Gasteiger partial charge in [-0.25, -0.2) is 0 Å². The van der Waals surface area contributed by atoms with Gasteiger partial charge in [0.25, 0.3) is 5.91 Å². The Balaban J connectivity index is 1.50. The van der Waals surface area contributed by atoms with Crippen molar-refractivity contribution < 1.29 is 9.59 Å². The van der Waals surface area contributed by atoms with Crippen LogP contribution in [0.4, 0.5) is 0 Å². The topological polar surface area (TPSA) is 66.6 Å². The van der Waals surface area contributed by atoms with E-state index in [2.05, 4.69) is 12.1 Å². The maximum atomic E-state index is 13.3. The van der Waals surface area contributed by atoms with Gasteiger partial charge in [-0.3, -0.25) is 9.59 Å². The van der Waals surface area contributed by atoms with Crippen molar-refractivity contribution in [2.45, 2.75) is 24.8 Å². The summed E-state index contributed by atoms with van der Waals surface area (Å²) in [4.78, 5) is 30.5. The van der Waals surface area contributed by atoms with Gasteiger partial charge in [0, 0.05) is 25.6 Å². The first-order chi connectivity index (χ1) is 13.2. The van der Waals surface area contributed by atoms with Crippen LogP contribution < -0.4 is 5.73 Å². The van der Waals surface area contributed by atoms with Gasteiger partial charge in [0.05, 0.1) is 4.88 Å². The Hall–Kier alpha value is -2.18. The van der Waals surface area contributed by atoms with Crippen LogP contribution in [0.2, 0.25) is 0 Å². The van der Waals surface area contributed by atoms with E-state index < -0.39 is 0 Å². The fourth-order valence-electron chi connectivity index (χ4n) is 4.39. The van der Waals surface area contributed by atoms with Gasteiger partial charge in [0.15, 0.2) is 0 Å². The highest BCUT2D eigenvalue weighted by molar-refractivity contribution is 7.12. The number of carbonyl (C=O) groups is 2. The molecule has 2 N–H and O–H groups in total. The molecule has 2 fully saturated rings. The summed E-state index contributed by atoms with van der Waals surface area (Å²) >= 11 is 1.43. The molecule has 4 rings (SSSR count). The predicted molar refractivity (Wildman–Crippen MR) is 107 cm³/mol. The van der Waals surface area contributed by atoms with Gasteiger partial charge in [0.2, 0.25) is 5.91 Å². The minimum Gasteiger partial charge on any atom is -0.340 e. The van der Waals surface area contributed by atoms with E-state index >= 15 is 0 Å². The van der Waals surface area contributed by atoms with E-state index in [4.69, 9.17) is 5.73 Å². The molecule has 0 radical (unpaired) electrons. The molecule has 142 valence electrons. The van der Waals surface area contributed by atoms with E-state index in [-0.39, 0.29) is 29.7 Å². The average molecular weight is 384 g/mol. The van der Waals surface area contributed by atoms with Crippen LogP contribution in [0.3, 0.4) is 0 Å². The lowest BCUT2D eigenvalue weighted by Crippen LogP contribution is -2.47. The Morgan fingerprint density at radius 2 is 1.93 bits per heavy atom. The molecular formula is C21H25N3O2S. The standard InChI is InChI=1S/C21H25N3O2S/c22-12-16-13-23(14-17(16)15-6-2-1-3-7-15)20(25)18-8-4-10-24(18)21(26)19-9-5-11-27-19/h1-3,5-7,9,11,16-18H,4,8,10,12-14,22H2/t16-,17+,18?/m1/s1. The number of nitrogens with two attached hydrogens (primary N) is 1. The molecule has 2 saturated heterocycles. The van der Waals surface area contributed by atoms with Gasteiger partial charge in [-0.15, -0.1) is 11.3 Å². The second-order valence-electron chi connectivity index (χ2n) is 7.39. The molecule has 5 nitrogen and oxygen atoms in total. The monoisotopic (exact) mass is 383 g/mol. The molecule has 1 aromatic carbocycles. The minimum absolute atomic E-state index is 0.0185. The molecule has 3 atom stereocenters. The molecular weight excluding hydrogens is 358 g/mol. The van der Waals surface area contributed by atoms with Gasteiger partial charge in [-0.2, -0.15) is 0 Å². The predicted octanol–water partition coefficient (Wildman–Crippen LogP) is 2.55. The van der Waals surface area contributed by atoms with Crippen molar-refractivity contribution in [3.63, 3.8) is 0 Å². The van der Waals surface area contributed by atoms with Crippen LogP contribution >= 0.6 is 11.3 Å². The molecule has 2 aliphatic heterocycles. The molecule has 2 amide bonds. The first-order valence-corrected chi connectivity index (χ1v) is 10.4. The Morgan fingerprint density at radius 3 is 2.63 bits per heavy atom. The number of hydrogen-bond acceptors (Lipinski definition) is 4. The van der Waals surface area contributed by atoms with Gasteiger partial charge in [-0.1, -0.05) is 36.4 Å². The molecule has 0 aliphatic carbocycles. The third-order valence-corrected chi connectivity index (χ3v) is 6.67. The Bertz CT molecular complexity index is 793. The van der Waals surface area contributed by atoms with Gasteiger partial charge in [0.1, 0.15) is 6.04 Å². The van der Waals surface area contributed by atoms with E-state index in [1.807, 2.05) is 40.6 Å². The van der Waals surface area contributed by atoms with Gasteiger partial charge >= 0.3 is 0 Å². The molecule has 1 unspecified atom stereocenters. The van der Waals surface area contributed by atoms with Crippen molar-refractivity contribution in [3.8, 4) is 0 Å². The van der Waals surface area contributed by atoms with Crippen molar-refractivity contribution in [1.29, 1.82) is 0 Å². The second-order valence-corrected chi connectivity index (χ2v) is 8.34. The quantitative estimate of drug-likeness (QED) is 0.882. The lowest BCUT2D eigenvalue weighted by atomic mass is 9.89. The third-order valence-electron chi connectivity index (χ3n) is 5.81. The lowest BCUT2D eigenvalue weighted by molar-refractivity contribution is -0.134. The number of amides is 2. The van der Waals surface area contributed by atoms with Crippen LogP contribution in [-0.2, 0) is 4.79 Å². The molecule has 0 spiro atoms. The van der Waals surface area contributed by atoms with Crippen LogP contribution in [0.1, 0.15) is 34.0 Å². The van der Waals surface area contributed by atoms with Crippen molar-refractivity contribution in [3.05, 3.63) is 58.3 Å². The molecule has 1 aromatic heterocycles. The van der Waals surface area contributed by atoms with Gasteiger partial charge in [-0.05, 0) is 42.3 Å². The van der Waals surface area contributed by atoms with E-state index in [1.165, 1.54) is 16.9 Å². The Labute approximate surface area is 163 Å². The molecule has 0 saturated carbocycles. The highest BCUT2D eigenvalue weighted by Gasteiger charge is 2.42. The highest BCUT2D eigenvalue weighted by Crippen LogP contribution is 2.34. The number of carbonyl (C=O) groups excluding carboxylic acids is 2. The Kier molecular flexibility index (Phi) is 5.27. The van der Waals surface area contributed by atoms with Crippen molar-refractivity contribution in [2.24, 2.45) is 11.7 Å². The fourth-order valence-corrected chi connectivity index (χ4v) is 5.07. The summed E-state index contributed by atoms with van der Waals surface area (Å²) in [7, 11) is 0. The summed E-state index contributed by atoms with van der Waals surface area (Å²) in [6.07, 6.45) is 1.62.